The van der Waals surface area contributed by atoms with Crippen molar-refractivity contribution in [1.29, 1.82) is 0 Å². The van der Waals surface area contributed by atoms with E-state index in [1.807, 2.05) is 48.8 Å². The number of piperazine rings is 1. The summed E-state index contributed by atoms with van der Waals surface area (Å²) in [6.07, 6.45) is 4.04. The number of rotatable bonds is 2. The summed E-state index contributed by atoms with van der Waals surface area (Å²) in [5, 5.41) is 0. The Kier molecular flexibility index (Phi) is 6.45. The number of hydrogen-bond acceptors (Lipinski definition) is 4. The molecular weight excluding hydrogens is 406 g/mol. The lowest BCUT2D eigenvalue weighted by Gasteiger charge is -2.39. The SMILES string of the molecule is CC(C)(C)OC(=O)N1CCN(C(=O)[C@@H]2CCCC[C@H]2C(=O)N2CCc3ccccc32)CC1. The van der Waals surface area contributed by atoms with Gasteiger partial charge in [0.2, 0.25) is 11.8 Å². The van der Waals surface area contributed by atoms with Gasteiger partial charge in [0.25, 0.3) is 0 Å². The normalized spacial score (nSPS) is 23.7. The Morgan fingerprint density at radius 3 is 2.09 bits per heavy atom. The van der Waals surface area contributed by atoms with Crippen LogP contribution < -0.4 is 4.90 Å². The van der Waals surface area contributed by atoms with Crippen LogP contribution in [0.4, 0.5) is 10.5 Å². The van der Waals surface area contributed by atoms with E-state index in [2.05, 4.69) is 6.07 Å². The minimum absolute atomic E-state index is 0.0689. The van der Waals surface area contributed by atoms with Crippen molar-refractivity contribution in [2.24, 2.45) is 11.8 Å². The van der Waals surface area contributed by atoms with Gasteiger partial charge in [-0.1, -0.05) is 31.0 Å². The van der Waals surface area contributed by atoms with Crippen molar-refractivity contribution in [3.05, 3.63) is 29.8 Å². The van der Waals surface area contributed by atoms with Gasteiger partial charge in [-0.3, -0.25) is 9.59 Å². The Balaban J connectivity index is 1.40. The molecule has 7 heteroatoms. The third kappa shape index (κ3) is 4.76. The van der Waals surface area contributed by atoms with Crippen molar-refractivity contribution in [3.8, 4) is 0 Å². The lowest BCUT2D eigenvalue weighted by molar-refractivity contribution is -0.144. The highest BCUT2D eigenvalue weighted by Gasteiger charge is 2.41. The van der Waals surface area contributed by atoms with Gasteiger partial charge < -0.3 is 19.4 Å². The second-order valence-electron chi connectivity index (χ2n) is 10.2. The van der Waals surface area contributed by atoms with Gasteiger partial charge in [-0.05, 0) is 51.7 Å². The fourth-order valence-corrected chi connectivity index (χ4v) is 5.16. The van der Waals surface area contributed by atoms with Crippen molar-refractivity contribution in [2.75, 3.05) is 37.6 Å². The fraction of sp³-hybridized carbons (Fsp3) is 0.640. The molecule has 174 valence electrons. The summed E-state index contributed by atoms with van der Waals surface area (Å²) in [6, 6.07) is 8.07. The van der Waals surface area contributed by atoms with E-state index in [1.165, 1.54) is 5.56 Å². The molecule has 1 aromatic rings. The number of fused-ring (bicyclic) bond motifs is 1. The van der Waals surface area contributed by atoms with Gasteiger partial charge in [-0.2, -0.15) is 0 Å². The topological polar surface area (TPSA) is 70.2 Å². The van der Waals surface area contributed by atoms with Crippen molar-refractivity contribution >= 4 is 23.6 Å². The smallest absolute Gasteiger partial charge is 0.410 e. The molecule has 1 saturated heterocycles. The molecule has 1 saturated carbocycles. The molecule has 3 aliphatic rings. The highest BCUT2D eigenvalue weighted by atomic mass is 16.6. The number of ether oxygens (including phenoxy) is 1. The maximum absolute atomic E-state index is 13.5. The van der Waals surface area contributed by atoms with Crippen LogP contribution in [0, 0.1) is 11.8 Å². The number of benzene rings is 1. The van der Waals surface area contributed by atoms with E-state index < -0.39 is 5.60 Å². The minimum atomic E-state index is -0.534. The summed E-state index contributed by atoms with van der Waals surface area (Å²) < 4.78 is 5.46. The Bertz CT molecular complexity index is 870. The number of para-hydroxylation sites is 1. The van der Waals surface area contributed by atoms with Gasteiger partial charge in [0, 0.05) is 44.3 Å². The highest BCUT2D eigenvalue weighted by Crippen LogP contribution is 2.36. The van der Waals surface area contributed by atoms with Crippen LogP contribution >= 0.6 is 0 Å². The van der Waals surface area contributed by atoms with Crippen LogP contribution in [0.2, 0.25) is 0 Å². The lowest BCUT2D eigenvalue weighted by atomic mass is 9.77. The third-order valence-electron chi connectivity index (χ3n) is 6.80. The molecule has 2 fully saturated rings. The van der Waals surface area contributed by atoms with Crippen molar-refractivity contribution < 1.29 is 19.1 Å². The maximum Gasteiger partial charge on any atom is 0.410 e. The van der Waals surface area contributed by atoms with E-state index in [0.29, 0.717) is 32.7 Å². The first-order valence-electron chi connectivity index (χ1n) is 11.9. The molecule has 0 N–H and O–H groups in total. The van der Waals surface area contributed by atoms with E-state index in [4.69, 9.17) is 4.74 Å². The Labute approximate surface area is 190 Å². The molecule has 0 spiro atoms. The van der Waals surface area contributed by atoms with E-state index in [0.717, 1.165) is 37.8 Å². The first kappa shape index (κ1) is 22.6. The second kappa shape index (κ2) is 9.12. The zero-order chi connectivity index (χ0) is 22.9. The number of amides is 3. The van der Waals surface area contributed by atoms with Crippen LogP contribution in [0.1, 0.15) is 52.0 Å². The molecule has 32 heavy (non-hydrogen) atoms. The summed E-state index contributed by atoms with van der Waals surface area (Å²) >= 11 is 0. The standard InChI is InChI=1S/C25H35N3O4/c1-25(2,3)32-24(31)27-16-14-26(15-17-27)22(29)19-9-5-6-10-20(19)23(30)28-13-12-18-8-4-7-11-21(18)28/h4,7-8,11,19-20H,5-6,9-10,12-17H2,1-3H3/t19-,20-/m1/s1. The third-order valence-corrected chi connectivity index (χ3v) is 6.80. The molecule has 1 aromatic carbocycles. The van der Waals surface area contributed by atoms with Crippen LogP contribution in [0.5, 0.6) is 0 Å². The summed E-state index contributed by atoms with van der Waals surface area (Å²) in [4.78, 5) is 44.7. The summed E-state index contributed by atoms with van der Waals surface area (Å²) in [5.74, 6) is -0.358. The average Bonchev–Trinajstić information content (AvgIpc) is 3.21. The molecule has 0 bridgehead atoms. The fourth-order valence-electron chi connectivity index (χ4n) is 5.16. The maximum atomic E-state index is 13.5. The molecule has 7 nitrogen and oxygen atoms in total. The van der Waals surface area contributed by atoms with Crippen LogP contribution in [-0.4, -0.2) is 66.0 Å². The predicted octanol–water partition coefficient (Wildman–Crippen LogP) is 3.46. The number of anilines is 1. The summed E-state index contributed by atoms with van der Waals surface area (Å²) in [6.45, 7) is 8.15. The molecule has 0 unspecified atom stereocenters. The van der Waals surface area contributed by atoms with Crippen LogP contribution in [-0.2, 0) is 20.7 Å². The minimum Gasteiger partial charge on any atom is -0.444 e. The Morgan fingerprint density at radius 1 is 0.844 bits per heavy atom. The molecule has 2 atom stereocenters. The molecule has 4 rings (SSSR count). The second-order valence-corrected chi connectivity index (χ2v) is 10.2. The molecule has 2 heterocycles. The van der Waals surface area contributed by atoms with E-state index in [9.17, 15) is 14.4 Å². The van der Waals surface area contributed by atoms with Gasteiger partial charge in [-0.25, -0.2) is 4.79 Å². The first-order chi connectivity index (χ1) is 15.2. The number of hydrogen-bond donors (Lipinski definition) is 0. The molecule has 2 aliphatic heterocycles. The van der Waals surface area contributed by atoms with E-state index in [-0.39, 0.29) is 29.7 Å². The molecule has 0 aromatic heterocycles. The Morgan fingerprint density at radius 2 is 1.44 bits per heavy atom. The zero-order valence-electron chi connectivity index (χ0n) is 19.5. The Hall–Kier alpha value is -2.57. The lowest BCUT2D eigenvalue weighted by Crippen LogP contribution is -2.54. The van der Waals surface area contributed by atoms with Gasteiger partial charge in [0.15, 0.2) is 0 Å². The number of nitrogens with zero attached hydrogens (tertiary/aromatic N) is 3. The molecular formula is C25H35N3O4. The first-order valence-corrected chi connectivity index (χ1v) is 11.9. The predicted molar refractivity (Wildman–Crippen MR) is 122 cm³/mol. The van der Waals surface area contributed by atoms with Crippen LogP contribution in [0.15, 0.2) is 24.3 Å². The van der Waals surface area contributed by atoms with E-state index in [1.54, 1.807) is 4.90 Å². The number of carbonyl (C=O) groups excluding carboxylic acids is 3. The average molecular weight is 442 g/mol. The zero-order valence-corrected chi connectivity index (χ0v) is 19.5. The van der Waals surface area contributed by atoms with Crippen molar-refractivity contribution in [2.45, 2.75) is 58.5 Å². The highest BCUT2D eigenvalue weighted by molar-refractivity contribution is 5.99. The van der Waals surface area contributed by atoms with Gasteiger partial charge in [-0.15, -0.1) is 0 Å². The van der Waals surface area contributed by atoms with Crippen LogP contribution in [0.3, 0.4) is 0 Å². The van der Waals surface area contributed by atoms with E-state index >= 15 is 0 Å². The van der Waals surface area contributed by atoms with Gasteiger partial charge in [0.05, 0.1) is 5.92 Å². The van der Waals surface area contributed by atoms with Gasteiger partial charge in [0.1, 0.15) is 5.60 Å². The largest absolute Gasteiger partial charge is 0.444 e. The van der Waals surface area contributed by atoms with Crippen molar-refractivity contribution in [1.82, 2.24) is 9.80 Å². The summed E-state index contributed by atoms with van der Waals surface area (Å²) in [7, 11) is 0. The number of carbonyl (C=O) groups is 3. The molecule has 1 aliphatic carbocycles. The molecule has 3 amide bonds. The quantitative estimate of drug-likeness (QED) is 0.705. The monoisotopic (exact) mass is 441 g/mol. The van der Waals surface area contributed by atoms with Crippen LogP contribution in [0.25, 0.3) is 0 Å². The summed E-state index contributed by atoms with van der Waals surface area (Å²) in [5.41, 5.74) is 1.67. The van der Waals surface area contributed by atoms with Crippen molar-refractivity contribution in [3.63, 3.8) is 0 Å². The molecule has 0 radical (unpaired) electrons. The van der Waals surface area contributed by atoms with Gasteiger partial charge >= 0.3 is 6.09 Å².